The molecule has 2 N–H and O–H groups in total. The standard InChI is InChI=1S/C20H23N7O/c28-18(16-8-4-13-27(14-16)20-21-11-5-12-22-20)24-19-23-17(25-26-19)10-9-15-6-2-1-3-7-15/h1-3,5-7,11-12,16H,4,8-10,13-14H2,(H2,23,24,25,26,28). The second kappa shape index (κ2) is 8.60. The molecule has 0 radical (unpaired) electrons. The number of benzene rings is 1. The molecule has 0 spiro atoms. The SMILES string of the molecule is O=C(Nc1n[nH]c(CCc2ccccc2)n1)C1CCCN(c2ncccn2)C1. The van der Waals surface area contributed by atoms with Crippen LogP contribution in [-0.4, -0.2) is 44.1 Å². The summed E-state index contributed by atoms with van der Waals surface area (Å²) in [7, 11) is 0. The second-order valence-corrected chi connectivity index (χ2v) is 6.91. The molecule has 0 aliphatic carbocycles. The van der Waals surface area contributed by atoms with Crippen LogP contribution in [-0.2, 0) is 17.6 Å². The summed E-state index contributed by atoms with van der Waals surface area (Å²) in [6.07, 6.45) is 6.81. The summed E-state index contributed by atoms with van der Waals surface area (Å²) in [5.41, 5.74) is 1.25. The molecule has 3 heterocycles. The number of anilines is 2. The van der Waals surface area contributed by atoms with Crippen LogP contribution < -0.4 is 10.2 Å². The number of H-pyrrole nitrogens is 1. The van der Waals surface area contributed by atoms with Gasteiger partial charge in [-0.1, -0.05) is 30.3 Å². The highest BCUT2D eigenvalue weighted by atomic mass is 16.2. The predicted molar refractivity (Wildman–Crippen MR) is 106 cm³/mol. The van der Waals surface area contributed by atoms with E-state index in [0.29, 0.717) is 18.4 Å². The van der Waals surface area contributed by atoms with Crippen LogP contribution in [0.2, 0.25) is 0 Å². The third-order valence-corrected chi connectivity index (χ3v) is 4.89. The number of nitrogens with one attached hydrogen (secondary N) is 2. The molecule has 1 aliphatic rings. The van der Waals surface area contributed by atoms with Crippen LogP contribution in [0.5, 0.6) is 0 Å². The summed E-state index contributed by atoms with van der Waals surface area (Å²) >= 11 is 0. The van der Waals surface area contributed by atoms with E-state index in [1.165, 1.54) is 5.56 Å². The summed E-state index contributed by atoms with van der Waals surface area (Å²) < 4.78 is 0. The smallest absolute Gasteiger partial charge is 0.248 e. The number of piperidine rings is 1. The van der Waals surface area contributed by atoms with Gasteiger partial charge in [-0.05, 0) is 30.9 Å². The fourth-order valence-electron chi connectivity index (χ4n) is 3.41. The number of carbonyl (C=O) groups is 1. The normalized spacial score (nSPS) is 16.7. The highest BCUT2D eigenvalue weighted by molar-refractivity contribution is 5.91. The van der Waals surface area contributed by atoms with Gasteiger partial charge in [0.2, 0.25) is 17.8 Å². The Balaban J connectivity index is 1.31. The van der Waals surface area contributed by atoms with E-state index in [1.807, 2.05) is 18.2 Å². The molecule has 1 aliphatic heterocycles. The number of carbonyl (C=O) groups excluding carboxylic acids is 1. The van der Waals surface area contributed by atoms with Gasteiger partial charge in [0, 0.05) is 31.9 Å². The number of aryl methyl sites for hydroxylation is 2. The summed E-state index contributed by atoms with van der Waals surface area (Å²) in [4.78, 5) is 27.7. The van der Waals surface area contributed by atoms with Gasteiger partial charge in [0.1, 0.15) is 5.82 Å². The van der Waals surface area contributed by atoms with Crippen molar-refractivity contribution in [3.05, 3.63) is 60.2 Å². The lowest BCUT2D eigenvalue weighted by Gasteiger charge is -2.31. The summed E-state index contributed by atoms with van der Waals surface area (Å²) in [5, 5.41) is 9.89. The molecule has 144 valence electrons. The highest BCUT2D eigenvalue weighted by Gasteiger charge is 2.27. The van der Waals surface area contributed by atoms with Gasteiger partial charge in [0.15, 0.2) is 0 Å². The quantitative estimate of drug-likeness (QED) is 0.683. The van der Waals surface area contributed by atoms with Gasteiger partial charge in [-0.2, -0.15) is 4.98 Å². The van der Waals surface area contributed by atoms with Crippen LogP contribution in [0.1, 0.15) is 24.2 Å². The van der Waals surface area contributed by atoms with Crippen LogP contribution in [0.3, 0.4) is 0 Å². The molecular weight excluding hydrogens is 354 g/mol. The maximum absolute atomic E-state index is 12.7. The first-order chi connectivity index (χ1) is 13.8. The van der Waals surface area contributed by atoms with Crippen molar-refractivity contribution < 1.29 is 4.79 Å². The Kier molecular flexibility index (Phi) is 5.56. The fourth-order valence-corrected chi connectivity index (χ4v) is 3.41. The van der Waals surface area contributed by atoms with Crippen molar-refractivity contribution in [2.75, 3.05) is 23.3 Å². The molecule has 4 rings (SSSR count). The molecule has 8 heteroatoms. The number of nitrogens with zero attached hydrogens (tertiary/aromatic N) is 5. The average molecular weight is 377 g/mol. The number of rotatable bonds is 6. The fraction of sp³-hybridized carbons (Fsp3) is 0.350. The van der Waals surface area contributed by atoms with Crippen LogP contribution in [0.25, 0.3) is 0 Å². The van der Waals surface area contributed by atoms with E-state index in [2.05, 4.69) is 47.5 Å². The third kappa shape index (κ3) is 4.51. The maximum atomic E-state index is 12.7. The van der Waals surface area contributed by atoms with E-state index < -0.39 is 0 Å². The lowest BCUT2D eigenvalue weighted by Crippen LogP contribution is -2.41. The van der Waals surface area contributed by atoms with Crippen LogP contribution >= 0.6 is 0 Å². The monoisotopic (exact) mass is 377 g/mol. The molecular formula is C20H23N7O. The van der Waals surface area contributed by atoms with E-state index in [-0.39, 0.29) is 11.8 Å². The maximum Gasteiger partial charge on any atom is 0.248 e. The Hall–Kier alpha value is -3.29. The molecule has 0 bridgehead atoms. The number of amides is 1. The number of aromatic amines is 1. The Morgan fingerprint density at radius 3 is 2.79 bits per heavy atom. The molecule has 1 aromatic carbocycles. The first kappa shape index (κ1) is 18.1. The van der Waals surface area contributed by atoms with Crippen molar-refractivity contribution in [1.82, 2.24) is 25.1 Å². The lowest BCUT2D eigenvalue weighted by molar-refractivity contribution is -0.120. The largest absolute Gasteiger partial charge is 0.340 e. The summed E-state index contributed by atoms with van der Waals surface area (Å²) in [6.45, 7) is 1.46. The molecule has 2 aromatic heterocycles. The van der Waals surface area contributed by atoms with Crippen molar-refractivity contribution >= 4 is 17.8 Å². The van der Waals surface area contributed by atoms with Gasteiger partial charge in [0.05, 0.1) is 5.92 Å². The van der Waals surface area contributed by atoms with Crippen LogP contribution in [0, 0.1) is 5.92 Å². The van der Waals surface area contributed by atoms with Gasteiger partial charge in [-0.25, -0.2) is 9.97 Å². The minimum absolute atomic E-state index is 0.0609. The first-order valence-electron chi connectivity index (χ1n) is 9.56. The van der Waals surface area contributed by atoms with Crippen molar-refractivity contribution in [2.45, 2.75) is 25.7 Å². The van der Waals surface area contributed by atoms with Gasteiger partial charge in [-0.15, -0.1) is 5.10 Å². The Morgan fingerprint density at radius 2 is 1.96 bits per heavy atom. The zero-order chi connectivity index (χ0) is 19.2. The van der Waals surface area contributed by atoms with Crippen molar-refractivity contribution in [1.29, 1.82) is 0 Å². The number of aromatic nitrogens is 5. The molecule has 28 heavy (non-hydrogen) atoms. The van der Waals surface area contributed by atoms with E-state index in [4.69, 9.17) is 0 Å². The van der Waals surface area contributed by atoms with Gasteiger partial charge >= 0.3 is 0 Å². The molecule has 8 nitrogen and oxygen atoms in total. The average Bonchev–Trinajstić information content (AvgIpc) is 3.21. The molecule has 1 saturated heterocycles. The van der Waals surface area contributed by atoms with Crippen molar-refractivity contribution in [3.63, 3.8) is 0 Å². The lowest BCUT2D eigenvalue weighted by atomic mass is 9.97. The Morgan fingerprint density at radius 1 is 1.14 bits per heavy atom. The van der Waals surface area contributed by atoms with E-state index in [9.17, 15) is 4.79 Å². The summed E-state index contributed by atoms with van der Waals surface area (Å²) in [6, 6.07) is 12.0. The third-order valence-electron chi connectivity index (χ3n) is 4.89. The van der Waals surface area contributed by atoms with Crippen LogP contribution in [0.4, 0.5) is 11.9 Å². The minimum atomic E-state index is -0.135. The zero-order valence-corrected chi connectivity index (χ0v) is 15.6. The minimum Gasteiger partial charge on any atom is -0.340 e. The van der Waals surface area contributed by atoms with Gasteiger partial charge in [0.25, 0.3) is 0 Å². The molecule has 1 atom stereocenters. The highest BCUT2D eigenvalue weighted by Crippen LogP contribution is 2.21. The number of hydrogen-bond acceptors (Lipinski definition) is 6. The predicted octanol–water partition coefficient (Wildman–Crippen LogP) is 2.23. The number of hydrogen-bond donors (Lipinski definition) is 2. The topological polar surface area (TPSA) is 99.7 Å². The van der Waals surface area contributed by atoms with E-state index in [1.54, 1.807) is 18.5 Å². The summed E-state index contributed by atoms with van der Waals surface area (Å²) in [5.74, 6) is 1.57. The Labute approximate surface area is 163 Å². The van der Waals surface area contributed by atoms with E-state index in [0.717, 1.165) is 38.1 Å². The molecule has 1 unspecified atom stereocenters. The molecule has 0 saturated carbocycles. The van der Waals surface area contributed by atoms with Gasteiger partial charge < -0.3 is 4.90 Å². The van der Waals surface area contributed by atoms with E-state index >= 15 is 0 Å². The van der Waals surface area contributed by atoms with Crippen LogP contribution in [0.15, 0.2) is 48.8 Å². The Bertz CT molecular complexity index is 897. The zero-order valence-electron chi connectivity index (χ0n) is 15.6. The van der Waals surface area contributed by atoms with Crippen molar-refractivity contribution in [2.24, 2.45) is 5.92 Å². The molecule has 3 aromatic rings. The first-order valence-corrected chi connectivity index (χ1v) is 9.56. The molecule has 1 amide bonds. The van der Waals surface area contributed by atoms with Gasteiger partial charge in [-0.3, -0.25) is 15.2 Å². The van der Waals surface area contributed by atoms with Crippen molar-refractivity contribution in [3.8, 4) is 0 Å². The second-order valence-electron chi connectivity index (χ2n) is 6.91. The molecule has 1 fully saturated rings.